The number of carbonyl (C=O) groups is 4. The van der Waals surface area contributed by atoms with E-state index in [2.05, 4.69) is 0 Å². The summed E-state index contributed by atoms with van der Waals surface area (Å²) in [6.45, 7) is 8.74. The van der Waals surface area contributed by atoms with Crippen molar-refractivity contribution < 1.29 is 53.1 Å². The Morgan fingerprint density at radius 1 is 0.930 bits per heavy atom. The van der Waals surface area contributed by atoms with Crippen LogP contribution in [0.5, 0.6) is 0 Å². The van der Waals surface area contributed by atoms with Gasteiger partial charge in [-0.15, -0.1) is 0 Å². The molecule has 5 atom stereocenters. The molecule has 1 aliphatic heterocycles. The molecule has 0 aromatic rings. The Balaban J connectivity index is 1.52. The average Bonchev–Trinajstić information content (AvgIpc) is 3.30. The highest BCUT2D eigenvalue weighted by atomic mass is 16.6. The molecule has 2 N–H and O–H groups in total. The molecule has 4 aliphatic carbocycles. The highest BCUT2D eigenvalue weighted by molar-refractivity contribution is 5.83. The van der Waals surface area contributed by atoms with Crippen molar-refractivity contribution in [3.63, 3.8) is 0 Å². The summed E-state index contributed by atoms with van der Waals surface area (Å²) in [5.41, 5.74) is -5.06. The van der Waals surface area contributed by atoms with Gasteiger partial charge < -0.3 is 33.9 Å². The topological polar surface area (TPSA) is 155 Å². The van der Waals surface area contributed by atoms with Crippen molar-refractivity contribution in [2.75, 3.05) is 33.0 Å². The largest absolute Gasteiger partial charge is 0.463 e. The maximum atomic E-state index is 14.1. The van der Waals surface area contributed by atoms with Crippen molar-refractivity contribution in [1.29, 1.82) is 0 Å². The van der Waals surface area contributed by atoms with E-state index >= 15 is 0 Å². The van der Waals surface area contributed by atoms with Crippen LogP contribution >= 0.6 is 0 Å². The molecule has 5 fully saturated rings. The summed E-state index contributed by atoms with van der Waals surface area (Å²) < 4.78 is 27.7. The van der Waals surface area contributed by atoms with E-state index in [0.717, 1.165) is 32.1 Å². The van der Waals surface area contributed by atoms with Gasteiger partial charge in [-0.25, -0.2) is 0 Å². The summed E-state index contributed by atoms with van der Waals surface area (Å²) in [5.74, 6) is -1.36. The number of cyclic esters (lactones) is 1. The molecule has 5 rings (SSSR count). The number of hydrogen-bond acceptors (Lipinski definition) is 11. The van der Waals surface area contributed by atoms with Gasteiger partial charge in [-0.3, -0.25) is 19.2 Å². The minimum atomic E-state index is -1.33. The fourth-order valence-corrected chi connectivity index (χ4v) is 8.44. The number of ether oxygens (including phenoxy) is 5. The lowest BCUT2D eigenvalue weighted by atomic mass is 9.52. The first-order valence-electron chi connectivity index (χ1n) is 15.7. The average molecular weight is 611 g/mol. The number of aliphatic hydroxyl groups excluding tert-OH is 1. The molecule has 0 aromatic heterocycles. The molecular formula is C32H50O11. The lowest BCUT2D eigenvalue weighted by Crippen LogP contribution is -2.61. The first kappa shape index (κ1) is 33.6. The van der Waals surface area contributed by atoms with Crippen LogP contribution in [-0.2, 0) is 42.9 Å². The number of hydrogen-bond donors (Lipinski definition) is 2. The molecule has 0 amide bonds. The van der Waals surface area contributed by atoms with Crippen molar-refractivity contribution in [3.05, 3.63) is 0 Å². The Morgan fingerprint density at radius 2 is 1.60 bits per heavy atom. The van der Waals surface area contributed by atoms with Gasteiger partial charge in [0.05, 0.1) is 48.1 Å². The maximum absolute atomic E-state index is 14.1. The third-order valence-electron chi connectivity index (χ3n) is 10.0. The highest BCUT2D eigenvalue weighted by Gasteiger charge is 2.60. The second-order valence-electron chi connectivity index (χ2n) is 14.9. The van der Waals surface area contributed by atoms with Gasteiger partial charge >= 0.3 is 23.9 Å². The summed E-state index contributed by atoms with van der Waals surface area (Å²) >= 11 is 0. The summed E-state index contributed by atoms with van der Waals surface area (Å²) in [7, 11) is 0. The molecule has 1 heterocycles. The van der Waals surface area contributed by atoms with E-state index in [4.69, 9.17) is 28.8 Å². The zero-order valence-corrected chi connectivity index (χ0v) is 26.4. The van der Waals surface area contributed by atoms with Gasteiger partial charge in [-0.1, -0.05) is 6.92 Å². The molecule has 43 heavy (non-hydrogen) atoms. The second kappa shape index (κ2) is 12.6. The summed E-state index contributed by atoms with van der Waals surface area (Å²) in [6, 6.07) is 0. The van der Waals surface area contributed by atoms with Crippen molar-refractivity contribution in [2.24, 2.45) is 28.1 Å². The Morgan fingerprint density at radius 3 is 2.16 bits per heavy atom. The van der Waals surface area contributed by atoms with Crippen LogP contribution in [0, 0.1) is 28.1 Å². The fourth-order valence-electron chi connectivity index (χ4n) is 8.44. The van der Waals surface area contributed by atoms with Gasteiger partial charge in [0.15, 0.2) is 0 Å². The normalized spacial score (nSPS) is 32.4. The van der Waals surface area contributed by atoms with E-state index in [9.17, 15) is 24.3 Å². The smallest absolute Gasteiger partial charge is 0.312 e. The molecular weight excluding hydrogens is 560 g/mol. The predicted octanol–water partition coefficient (Wildman–Crippen LogP) is 3.25. The lowest BCUT2D eigenvalue weighted by molar-refractivity contribution is -0.227. The van der Waals surface area contributed by atoms with Crippen LogP contribution in [0.1, 0.15) is 98.8 Å². The fraction of sp³-hybridized carbons (Fsp3) is 0.875. The van der Waals surface area contributed by atoms with Gasteiger partial charge in [-0.2, -0.15) is 0 Å². The Labute approximate surface area is 254 Å². The zero-order valence-electron chi connectivity index (χ0n) is 26.4. The molecule has 11 heteroatoms. The SMILES string of the molecule is CCC(C)(CC(C)(CC(C)(C)C(=O)OCCOCCO)C(=O)OC1COC(=O)C1)C(=O)OC12CC3CC(CC(O)(C3)C1)C2. The van der Waals surface area contributed by atoms with E-state index in [1.54, 1.807) is 27.7 Å². The zero-order chi connectivity index (χ0) is 31.7. The Bertz CT molecular complexity index is 1060. The van der Waals surface area contributed by atoms with Crippen molar-refractivity contribution >= 4 is 23.9 Å². The van der Waals surface area contributed by atoms with Gasteiger partial charge in [0.25, 0.3) is 0 Å². The van der Waals surface area contributed by atoms with E-state index in [-0.39, 0.29) is 52.3 Å². The number of rotatable bonds is 15. The number of aliphatic hydroxyl groups is 2. The van der Waals surface area contributed by atoms with Crippen LogP contribution in [0.3, 0.4) is 0 Å². The summed E-state index contributed by atoms with van der Waals surface area (Å²) in [4.78, 5) is 52.7. The molecule has 5 unspecified atom stereocenters. The van der Waals surface area contributed by atoms with Crippen molar-refractivity contribution in [1.82, 2.24) is 0 Å². The van der Waals surface area contributed by atoms with Crippen LogP contribution in [0.2, 0.25) is 0 Å². The molecule has 244 valence electrons. The van der Waals surface area contributed by atoms with Crippen molar-refractivity contribution in [3.8, 4) is 0 Å². The molecule has 0 spiro atoms. The van der Waals surface area contributed by atoms with Gasteiger partial charge in [-0.05, 0) is 90.9 Å². The van der Waals surface area contributed by atoms with Gasteiger partial charge in [0.2, 0.25) is 0 Å². The van der Waals surface area contributed by atoms with Gasteiger partial charge in [0, 0.05) is 6.42 Å². The Kier molecular flexibility index (Phi) is 9.89. The highest BCUT2D eigenvalue weighted by Crippen LogP contribution is 2.59. The standard InChI is InChI=1S/C32H50O11/c1-6-29(4,27(37)43-32-15-21-11-22(16-32)14-31(38,13-21)20-32)19-30(5,26(36)42-23-12-24(34)41-17-23)18-28(2,3)25(35)40-10-9-39-8-7-33/h21-23,33,38H,6-20H2,1-5H3. The van der Waals surface area contributed by atoms with Crippen LogP contribution in [0.15, 0.2) is 0 Å². The summed E-state index contributed by atoms with van der Waals surface area (Å²) in [6.07, 6.45) is 4.12. The molecule has 5 aliphatic rings. The van der Waals surface area contributed by atoms with E-state index in [0.29, 0.717) is 24.7 Å². The molecule has 11 nitrogen and oxygen atoms in total. The minimum Gasteiger partial charge on any atom is -0.463 e. The van der Waals surface area contributed by atoms with E-state index in [1.807, 2.05) is 6.92 Å². The second-order valence-corrected chi connectivity index (χ2v) is 14.9. The monoisotopic (exact) mass is 610 g/mol. The lowest BCUT2D eigenvalue weighted by Gasteiger charge is -2.59. The van der Waals surface area contributed by atoms with E-state index < -0.39 is 57.4 Å². The Hall–Kier alpha value is -2.24. The van der Waals surface area contributed by atoms with E-state index in [1.165, 1.54) is 0 Å². The third-order valence-corrected chi connectivity index (χ3v) is 10.0. The predicted molar refractivity (Wildman–Crippen MR) is 152 cm³/mol. The first-order valence-corrected chi connectivity index (χ1v) is 15.7. The van der Waals surface area contributed by atoms with Crippen LogP contribution in [-0.4, -0.2) is 84.4 Å². The third kappa shape index (κ3) is 7.71. The number of carbonyl (C=O) groups excluding carboxylic acids is 4. The maximum Gasteiger partial charge on any atom is 0.312 e. The quantitative estimate of drug-likeness (QED) is 0.159. The molecule has 1 saturated heterocycles. The molecule has 4 bridgehead atoms. The molecule has 4 saturated carbocycles. The summed E-state index contributed by atoms with van der Waals surface area (Å²) in [5, 5.41) is 20.1. The van der Waals surface area contributed by atoms with Crippen LogP contribution in [0.4, 0.5) is 0 Å². The molecule has 0 aromatic carbocycles. The number of esters is 4. The van der Waals surface area contributed by atoms with Crippen molar-refractivity contribution in [2.45, 2.75) is 116 Å². The minimum absolute atomic E-state index is 0.00853. The van der Waals surface area contributed by atoms with Crippen LogP contribution < -0.4 is 0 Å². The van der Waals surface area contributed by atoms with Gasteiger partial charge in [0.1, 0.15) is 24.9 Å². The first-order chi connectivity index (χ1) is 20.0. The molecule has 0 radical (unpaired) electrons. The van der Waals surface area contributed by atoms with Crippen LogP contribution in [0.25, 0.3) is 0 Å².